The van der Waals surface area contributed by atoms with Crippen LogP contribution in [-0.4, -0.2) is 24.7 Å². The summed E-state index contributed by atoms with van der Waals surface area (Å²) in [5, 5.41) is 9.67. The fourth-order valence-electron chi connectivity index (χ4n) is 2.56. The van der Waals surface area contributed by atoms with Crippen LogP contribution in [0.5, 0.6) is 11.5 Å². The zero-order chi connectivity index (χ0) is 14.8. The smallest absolute Gasteiger partial charge is 0.196 e. The summed E-state index contributed by atoms with van der Waals surface area (Å²) in [5.41, 5.74) is 7.93. The molecule has 21 heavy (non-hydrogen) atoms. The van der Waals surface area contributed by atoms with E-state index in [2.05, 4.69) is 4.99 Å². The van der Waals surface area contributed by atoms with Crippen molar-refractivity contribution in [2.45, 2.75) is 6.04 Å². The number of phenolic OH excluding ortho intramolecular Hbond substituents is 1. The molecule has 0 saturated heterocycles. The number of hydrogen-bond donors (Lipinski definition) is 2. The monoisotopic (exact) mass is 283 g/mol. The molecule has 1 heterocycles. The van der Waals surface area contributed by atoms with Gasteiger partial charge in [-0.15, -0.1) is 0 Å². The molecular weight excluding hydrogens is 266 g/mol. The van der Waals surface area contributed by atoms with E-state index in [0.717, 1.165) is 17.0 Å². The highest BCUT2D eigenvalue weighted by atomic mass is 16.5. The van der Waals surface area contributed by atoms with Crippen LogP contribution in [0, 0.1) is 0 Å². The van der Waals surface area contributed by atoms with E-state index in [-0.39, 0.29) is 11.8 Å². The Hall–Kier alpha value is -2.69. The van der Waals surface area contributed by atoms with Gasteiger partial charge in [-0.05, 0) is 29.8 Å². The number of ether oxygens (including phenoxy) is 1. The van der Waals surface area contributed by atoms with Crippen molar-refractivity contribution < 1.29 is 9.84 Å². The lowest BCUT2D eigenvalue weighted by Crippen LogP contribution is -2.36. The standard InChI is InChI=1S/C16H17N3O2/c1-21-14-7-3-5-12(9-14)19-15(10-18-16(19)17)11-4-2-6-13(20)8-11/h2-9,15,20H,10H2,1H3,(H2,17,18). The minimum Gasteiger partial charge on any atom is -0.508 e. The van der Waals surface area contributed by atoms with Gasteiger partial charge < -0.3 is 20.5 Å². The fraction of sp³-hybridized carbons (Fsp3) is 0.188. The second kappa shape index (κ2) is 5.36. The summed E-state index contributed by atoms with van der Waals surface area (Å²) >= 11 is 0. The Labute approximate surface area is 123 Å². The third-order valence-electron chi connectivity index (χ3n) is 3.57. The lowest BCUT2D eigenvalue weighted by Gasteiger charge is -2.27. The fourth-order valence-corrected chi connectivity index (χ4v) is 2.56. The van der Waals surface area contributed by atoms with Gasteiger partial charge in [0, 0.05) is 11.8 Å². The molecule has 0 aliphatic carbocycles. The number of hydrogen-bond acceptors (Lipinski definition) is 5. The molecule has 0 amide bonds. The summed E-state index contributed by atoms with van der Waals surface area (Å²) in [5.74, 6) is 1.47. The lowest BCUT2D eigenvalue weighted by atomic mass is 10.1. The van der Waals surface area contributed by atoms with Crippen LogP contribution in [0.15, 0.2) is 53.5 Å². The normalized spacial score (nSPS) is 17.7. The predicted octanol–water partition coefficient (Wildman–Crippen LogP) is 2.28. The second-order valence-corrected chi connectivity index (χ2v) is 4.88. The molecule has 108 valence electrons. The molecule has 1 aliphatic rings. The number of nitrogens with two attached hydrogens (primary N) is 1. The average Bonchev–Trinajstić information content (AvgIpc) is 2.89. The van der Waals surface area contributed by atoms with E-state index in [1.165, 1.54) is 0 Å². The van der Waals surface area contributed by atoms with Gasteiger partial charge in [-0.1, -0.05) is 18.2 Å². The second-order valence-electron chi connectivity index (χ2n) is 4.88. The third-order valence-corrected chi connectivity index (χ3v) is 3.57. The van der Waals surface area contributed by atoms with E-state index in [9.17, 15) is 5.11 Å². The topological polar surface area (TPSA) is 71.1 Å². The lowest BCUT2D eigenvalue weighted by molar-refractivity contribution is 0.415. The summed E-state index contributed by atoms with van der Waals surface area (Å²) in [4.78, 5) is 6.29. The van der Waals surface area contributed by atoms with Crippen molar-refractivity contribution in [2.75, 3.05) is 18.6 Å². The van der Waals surface area contributed by atoms with Gasteiger partial charge in [0.25, 0.3) is 0 Å². The number of rotatable bonds is 3. The predicted molar refractivity (Wildman–Crippen MR) is 82.8 cm³/mol. The number of guanidine groups is 1. The molecule has 0 fully saturated rings. The van der Waals surface area contributed by atoms with Gasteiger partial charge >= 0.3 is 0 Å². The number of nitrogens with zero attached hydrogens (tertiary/aromatic N) is 2. The molecule has 0 saturated carbocycles. The van der Waals surface area contributed by atoms with Gasteiger partial charge in [-0.25, -0.2) is 0 Å². The van der Waals surface area contributed by atoms with E-state index in [1.54, 1.807) is 19.2 Å². The van der Waals surface area contributed by atoms with Crippen LogP contribution < -0.4 is 15.4 Å². The highest BCUT2D eigenvalue weighted by Crippen LogP contribution is 2.33. The quantitative estimate of drug-likeness (QED) is 0.906. The van der Waals surface area contributed by atoms with Crippen molar-refractivity contribution in [3.63, 3.8) is 0 Å². The minimum absolute atomic E-state index is 0.0239. The van der Waals surface area contributed by atoms with Gasteiger partial charge in [0.1, 0.15) is 11.5 Å². The summed E-state index contributed by atoms with van der Waals surface area (Å²) in [6.07, 6.45) is 0. The first-order valence-corrected chi connectivity index (χ1v) is 6.71. The number of anilines is 1. The van der Waals surface area contributed by atoms with Gasteiger partial charge in [0.05, 0.1) is 19.7 Å². The summed E-state index contributed by atoms with van der Waals surface area (Å²) in [6.45, 7) is 0.562. The third kappa shape index (κ3) is 2.50. The zero-order valence-corrected chi connectivity index (χ0v) is 11.7. The molecule has 5 nitrogen and oxygen atoms in total. The van der Waals surface area contributed by atoms with Gasteiger partial charge in [-0.3, -0.25) is 4.99 Å². The summed E-state index contributed by atoms with van der Waals surface area (Å²) in [6, 6.07) is 14.8. The van der Waals surface area contributed by atoms with Crippen LogP contribution in [0.2, 0.25) is 0 Å². The Morgan fingerprint density at radius 1 is 1.24 bits per heavy atom. The van der Waals surface area contributed by atoms with Crippen molar-refractivity contribution in [2.24, 2.45) is 10.7 Å². The number of phenols is 1. The molecular formula is C16H17N3O2. The van der Waals surface area contributed by atoms with Gasteiger partial charge in [0.15, 0.2) is 5.96 Å². The first-order valence-electron chi connectivity index (χ1n) is 6.71. The van der Waals surface area contributed by atoms with Crippen LogP contribution in [0.1, 0.15) is 11.6 Å². The molecule has 5 heteroatoms. The summed E-state index contributed by atoms with van der Waals surface area (Å²) in [7, 11) is 1.63. The summed E-state index contributed by atoms with van der Waals surface area (Å²) < 4.78 is 5.26. The van der Waals surface area contributed by atoms with Crippen LogP contribution >= 0.6 is 0 Å². The Morgan fingerprint density at radius 2 is 2.05 bits per heavy atom. The molecule has 3 N–H and O–H groups in total. The van der Waals surface area contributed by atoms with E-state index in [0.29, 0.717) is 12.5 Å². The van der Waals surface area contributed by atoms with Crippen LogP contribution in [-0.2, 0) is 0 Å². The number of aromatic hydroxyl groups is 1. The highest BCUT2D eigenvalue weighted by molar-refractivity contribution is 5.97. The maximum Gasteiger partial charge on any atom is 0.196 e. The Bertz CT molecular complexity index is 685. The number of benzene rings is 2. The molecule has 0 bridgehead atoms. The van der Waals surface area contributed by atoms with Crippen LogP contribution in [0.3, 0.4) is 0 Å². The Morgan fingerprint density at radius 3 is 2.81 bits per heavy atom. The van der Waals surface area contributed by atoms with Crippen molar-refractivity contribution in [3.8, 4) is 11.5 Å². The van der Waals surface area contributed by atoms with Crippen molar-refractivity contribution in [1.29, 1.82) is 0 Å². The van der Waals surface area contributed by atoms with Gasteiger partial charge in [-0.2, -0.15) is 0 Å². The first-order chi connectivity index (χ1) is 10.2. The average molecular weight is 283 g/mol. The van der Waals surface area contributed by atoms with Crippen molar-refractivity contribution >= 4 is 11.6 Å². The largest absolute Gasteiger partial charge is 0.508 e. The molecule has 0 aromatic heterocycles. The van der Waals surface area contributed by atoms with Crippen LogP contribution in [0.25, 0.3) is 0 Å². The van der Waals surface area contributed by atoms with E-state index < -0.39 is 0 Å². The zero-order valence-electron chi connectivity index (χ0n) is 11.7. The molecule has 2 aromatic carbocycles. The number of methoxy groups -OCH3 is 1. The molecule has 2 aromatic rings. The number of aliphatic imine (C=N–C) groups is 1. The molecule has 0 radical (unpaired) electrons. The van der Waals surface area contributed by atoms with E-state index >= 15 is 0 Å². The highest BCUT2D eigenvalue weighted by Gasteiger charge is 2.29. The molecule has 1 unspecified atom stereocenters. The minimum atomic E-state index is -0.0239. The van der Waals surface area contributed by atoms with E-state index in [1.807, 2.05) is 41.3 Å². The first kappa shape index (κ1) is 13.3. The Kier molecular flexibility index (Phi) is 3.39. The SMILES string of the molecule is COc1cccc(N2C(N)=NCC2c2cccc(O)c2)c1. The van der Waals surface area contributed by atoms with Crippen LogP contribution in [0.4, 0.5) is 5.69 Å². The maximum atomic E-state index is 9.67. The Balaban J connectivity index is 1.99. The van der Waals surface area contributed by atoms with Gasteiger partial charge in [0.2, 0.25) is 0 Å². The van der Waals surface area contributed by atoms with Crippen molar-refractivity contribution in [1.82, 2.24) is 0 Å². The molecule has 3 rings (SSSR count). The molecule has 1 atom stereocenters. The van der Waals surface area contributed by atoms with E-state index in [4.69, 9.17) is 10.5 Å². The molecule has 0 spiro atoms. The van der Waals surface area contributed by atoms with Crippen molar-refractivity contribution in [3.05, 3.63) is 54.1 Å². The maximum absolute atomic E-state index is 9.67. The molecule has 1 aliphatic heterocycles.